The van der Waals surface area contributed by atoms with Gasteiger partial charge in [-0.1, -0.05) is 48.0 Å². The highest BCUT2D eigenvalue weighted by molar-refractivity contribution is 6.34. The molecule has 0 aliphatic rings. The normalized spacial score (nSPS) is 12.3. The number of benzene rings is 2. The fraction of sp³-hybridized carbons (Fsp3) is 0.259. The van der Waals surface area contributed by atoms with E-state index in [4.69, 9.17) is 21.1 Å². The molecule has 0 bridgehead atoms. The number of nitrogens with zero attached hydrogens (tertiary/aromatic N) is 4. The molecule has 0 aliphatic heterocycles. The van der Waals surface area contributed by atoms with E-state index in [9.17, 15) is 27.2 Å². The van der Waals surface area contributed by atoms with Crippen molar-refractivity contribution in [2.24, 2.45) is 0 Å². The van der Waals surface area contributed by atoms with Crippen LogP contribution in [0.3, 0.4) is 0 Å². The van der Waals surface area contributed by atoms with Gasteiger partial charge in [0.05, 0.1) is 17.3 Å². The van der Waals surface area contributed by atoms with Crippen molar-refractivity contribution in [3.05, 3.63) is 98.7 Å². The standard InChI is InChI=1S/C27H23ClF5N5O4/c1-3-37-21(14-41-13-16-8-5-4-6-9-16)36-38(26(37)40)23-20(30)12-17(25(35-23)42-15(2)27(31,32)33)24(39)34-22-18(28)10-7-11-19(22)29/h4-12,15H,3,13-14H2,1-2H3,(H,34,39)/t15-/m0/s1. The number of halogens is 6. The highest BCUT2D eigenvalue weighted by Crippen LogP contribution is 2.30. The van der Waals surface area contributed by atoms with Crippen LogP contribution in [0.25, 0.3) is 5.82 Å². The van der Waals surface area contributed by atoms with Gasteiger partial charge in [-0.3, -0.25) is 9.36 Å². The van der Waals surface area contributed by atoms with Crippen molar-refractivity contribution in [3.63, 3.8) is 0 Å². The number of hydrogen-bond acceptors (Lipinski definition) is 6. The second-order valence-electron chi connectivity index (χ2n) is 8.83. The Balaban J connectivity index is 1.73. The first-order valence-electron chi connectivity index (χ1n) is 12.4. The van der Waals surface area contributed by atoms with Crippen LogP contribution < -0.4 is 15.7 Å². The maximum atomic E-state index is 15.4. The second-order valence-corrected chi connectivity index (χ2v) is 9.24. The summed E-state index contributed by atoms with van der Waals surface area (Å²) in [4.78, 5) is 29.8. The molecule has 1 atom stereocenters. The number of hydrogen-bond donors (Lipinski definition) is 1. The van der Waals surface area contributed by atoms with Crippen molar-refractivity contribution >= 4 is 23.2 Å². The summed E-state index contributed by atoms with van der Waals surface area (Å²) in [5, 5.41) is 5.93. The SMILES string of the molecule is CCn1c(COCc2ccccc2)nn(-c2nc(O[C@@H](C)C(F)(F)F)c(C(=O)Nc3c(F)cccc3Cl)cc2F)c1=O. The van der Waals surface area contributed by atoms with E-state index in [1.807, 2.05) is 30.3 Å². The minimum Gasteiger partial charge on any atom is -0.464 e. The smallest absolute Gasteiger partial charge is 0.425 e. The lowest BCUT2D eigenvalue weighted by atomic mass is 10.2. The van der Waals surface area contributed by atoms with Gasteiger partial charge >= 0.3 is 11.9 Å². The van der Waals surface area contributed by atoms with Crippen LogP contribution in [0.2, 0.25) is 5.02 Å². The zero-order valence-corrected chi connectivity index (χ0v) is 22.8. The number of alkyl halides is 3. The fourth-order valence-electron chi connectivity index (χ4n) is 3.73. The number of anilines is 1. The molecule has 0 fully saturated rings. The lowest BCUT2D eigenvalue weighted by Gasteiger charge is -2.19. The van der Waals surface area contributed by atoms with E-state index in [-0.39, 0.29) is 30.6 Å². The Morgan fingerprint density at radius 2 is 1.79 bits per heavy atom. The topological polar surface area (TPSA) is 100 Å². The molecule has 9 nitrogen and oxygen atoms in total. The minimum atomic E-state index is -4.90. The molecule has 1 amide bonds. The third-order valence-corrected chi connectivity index (χ3v) is 6.23. The molecule has 0 saturated heterocycles. The molecule has 0 unspecified atom stereocenters. The summed E-state index contributed by atoms with van der Waals surface area (Å²) in [6.07, 6.45) is -7.40. The van der Waals surface area contributed by atoms with Crippen molar-refractivity contribution in [1.29, 1.82) is 0 Å². The van der Waals surface area contributed by atoms with Gasteiger partial charge in [0.15, 0.2) is 23.6 Å². The molecule has 1 N–H and O–H groups in total. The van der Waals surface area contributed by atoms with Gasteiger partial charge in [-0.2, -0.15) is 22.8 Å². The van der Waals surface area contributed by atoms with Gasteiger partial charge in [-0.15, -0.1) is 5.10 Å². The number of carbonyl (C=O) groups is 1. The predicted octanol–water partition coefficient (Wildman–Crippen LogP) is 5.68. The zero-order chi connectivity index (χ0) is 30.6. The second kappa shape index (κ2) is 12.7. The number of para-hydroxylation sites is 1. The Morgan fingerprint density at radius 3 is 2.43 bits per heavy atom. The van der Waals surface area contributed by atoms with Crippen molar-refractivity contribution in [1.82, 2.24) is 19.3 Å². The van der Waals surface area contributed by atoms with Gasteiger partial charge in [0.2, 0.25) is 5.88 Å². The van der Waals surface area contributed by atoms with Gasteiger partial charge < -0.3 is 14.8 Å². The number of ether oxygens (including phenoxy) is 2. The number of amides is 1. The third-order valence-electron chi connectivity index (χ3n) is 5.92. The molecule has 0 spiro atoms. The summed E-state index contributed by atoms with van der Waals surface area (Å²) >= 11 is 5.92. The molecule has 15 heteroatoms. The van der Waals surface area contributed by atoms with Gasteiger partial charge in [0.25, 0.3) is 5.91 Å². The van der Waals surface area contributed by atoms with Crippen molar-refractivity contribution in [3.8, 4) is 11.7 Å². The molecule has 222 valence electrons. The summed E-state index contributed by atoms with van der Waals surface area (Å²) in [7, 11) is 0. The first-order valence-corrected chi connectivity index (χ1v) is 12.8. The lowest BCUT2D eigenvalue weighted by molar-refractivity contribution is -0.190. The Labute approximate surface area is 240 Å². The van der Waals surface area contributed by atoms with Crippen LogP contribution in [0.1, 0.15) is 35.6 Å². The highest BCUT2D eigenvalue weighted by atomic mass is 35.5. The zero-order valence-electron chi connectivity index (χ0n) is 22.1. The molecule has 4 rings (SSSR count). The number of pyridine rings is 1. The Hall–Kier alpha value is -4.30. The van der Waals surface area contributed by atoms with Crippen LogP contribution in [0, 0.1) is 11.6 Å². The van der Waals surface area contributed by atoms with E-state index in [2.05, 4.69) is 15.4 Å². The molecular weight excluding hydrogens is 589 g/mol. The van der Waals surface area contributed by atoms with E-state index >= 15 is 4.39 Å². The first-order chi connectivity index (χ1) is 19.9. The lowest BCUT2D eigenvalue weighted by Crippen LogP contribution is -2.33. The van der Waals surface area contributed by atoms with Crippen molar-refractivity contribution in [2.45, 2.75) is 45.9 Å². The number of carbonyl (C=O) groups excluding carboxylic acids is 1. The molecule has 0 aliphatic carbocycles. The molecule has 42 heavy (non-hydrogen) atoms. The molecule has 2 aromatic carbocycles. The number of rotatable bonds is 10. The maximum Gasteiger partial charge on any atom is 0.425 e. The summed E-state index contributed by atoms with van der Waals surface area (Å²) in [6.45, 7) is 2.38. The van der Waals surface area contributed by atoms with Gasteiger partial charge in [0.1, 0.15) is 18.0 Å². The largest absolute Gasteiger partial charge is 0.464 e. The van der Waals surface area contributed by atoms with E-state index in [0.29, 0.717) is 17.7 Å². The average Bonchev–Trinajstić information content (AvgIpc) is 3.26. The molecule has 2 aromatic heterocycles. The van der Waals surface area contributed by atoms with Crippen LogP contribution in [-0.2, 0) is 24.5 Å². The molecule has 0 saturated carbocycles. The minimum absolute atomic E-state index is 0.0850. The molecule has 4 aromatic rings. The van der Waals surface area contributed by atoms with Crippen LogP contribution in [0.4, 0.5) is 27.6 Å². The fourth-order valence-corrected chi connectivity index (χ4v) is 3.94. The molecular formula is C27H23ClF5N5O4. The Morgan fingerprint density at radius 1 is 1.07 bits per heavy atom. The summed E-state index contributed by atoms with van der Waals surface area (Å²) in [5.74, 6) is -5.26. The number of nitrogens with one attached hydrogen (secondary N) is 1. The summed E-state index contributed by atoms with van der Waals surface area (Å²) < 4.78 is 81.9. The summed E-state index contributed by atoms with van der Waals surface area (Å²) in [5.41, 5.74) is -1.34. The molecule has 0 radical (unpaired) electrons. The average molecular weight is 612 g/mol. The van der Waals surface area contributed by atoms with E-state index in [1.165, 1.54) is 12.1 Å². The molecule has 2 heterocycles. The van der Waals surface area contributed by atoms with Gasteiger partial charge in [-0.25, -0.2) is 13.6 Å². The predicted molar refractivity (Wildman–Crippen MR) is 142 cm³/mol. The van der Waals surface area contributed by atoms with E-state index in [0.717, 1.165) is 16.2 Å². The monoisotopic (exact) mass is 611 g/mol. The van der Waals surface area contributed by atoms with Crippen molar-refractivity contribution < 1.29 is 36.2 Å². The van der Waals surface area contributed by atoms with E-state index < -0.39 is 58.5 Å². The maximum absolute atomic E-state index is 15.4. The summed E-state index contributed by atoms with van der Waals surface area (Å²) in [6, 6.07) is 13.1. The van der Waals surface area contributed by atoms with Gasteiger partial charge in [0, 0.05) is 6.54 Å². The van der Waals surface area contributed by atoms with Crippen LogP contribution in [0.15, 0.2) is 59.4 Å². The van der Waals surface area contributed by atoms with E-state index in [1.54, 1.807) is 6.92 Å². The van der Waals surface area contributed by atoms with Crippen molar-refractivity contribution in [2.75, 3.05) is 5.32 Å². The van der Waals surface area contributed by atoms with Gasteiger partial charge in [-0.05, 0) is 37.6 Å². The number of aromatic nitrogens is 4. The van der Waals surface area contributed by atoms with Crippen LogP contribution in [0.5, 0.6) is 5.88 Å². The van der Waals surface area contributed by atoms with Crippen LogP contribution >= 0.6 is 11.6 Å². The quantitative estimate of drug-likeness (QED) is 0.232. The third kappa shape index (κ3) is 6.77. The Bertz CT molecular complexity index is 1620. The highest BCUT2D eigenvalue weighted by Gasteiger charge is 2.39. The Kier molecular flexibility index (Phi) is 9.27. The first kappa shape index (κ1) is 30.7. The van der Waals surface area contributed by atoms with Crippen LogP contribution in [-0.4, -0.2) is 37.5 Å².